The molecule has 2 aliphatic heterocycles. The van der Waals surface area contributed by atoms with E-state index in [1.54, 1.807) is 0 Å². The highest BCUT2D eigenvalue weighted by atomic mass is 16.2. The zero-order chi connectivity index (χ0) is 13.4. The summed E-state index contributed by atoms with van der Waals surface area (Å²) >= 11 is 0. The van der Waals surface area contributed by atoms with Crippen molar-refractivity contribution < 1.29 is 4.79 Å². The van der Waals surface area contributed by atoms with Gasteiger partial charge in [-0.05, 0) is 57.9 Å². The van der Waals surface area contributed by atoms with Crippen molar-refractivity contribution in [3.63, 3.8) is 0 Å². The fraction of sp³-hybridized carbons (Fsp3) is 0.938. The monoisotopic (exact) mass is 264 g/mol. The highest BCUT2D eigenvalue weighted by molar-refractivity contribution is 5.79. The van der Waals surface area contributed by atoms with Crippen LogP contribution < -0.4 is 0 Å². The predicted molar refractivity (Wildman–Crippen MR) is 76.9 cm³/mol. The topological polar surface area (TPSA) is 23.6 Å². The first-order valence-corrected chi connectivity index (χ1v) is 8.16. The van der Waals surface area contributed by atoms with Gasteiger partial charge in [0, 0.05) is 31.1 Å². The number of rotatable bonds is 1. The van der Waals surface area contributed by atoms with Gasteiger partial charge in [0.1, 0.15) is 0 Å². The number of nitrogens with zero attached hydrogens (tertiary/aromatic N) is 2. The van der Waals surface area contributed by atoms with Gasteiger partial charge in [0.05, 0.1) is 0 Å². The summed E-state index contributed by atoms with van der Waals surface area (Å²) in [4.78, 5) is 17.4. The van der Waals surface area contributed by atoms with Crippen molar-refractivity contribution in [1.82, 2.24) is 9.80 Å². The third-order valence-electron chi connectivity index (χ3n) is 5.83. The molecule has 3 heteroatoms. The molecule has 0 spiro atoms. The SMILES string of the molecule is CC1CCC(C(=O)N2CCC3CCC(C2)N3C)CC1. The highest BCUT2D eigenvalue weighted by Crippen LogP contribution is 2.32. The molecule has 0 aromatic rings. The standard InChI is InChI=1S/C16H28N2O/c1-12-3-5-13(6-4-12)16(19)18-10-9-14-7-8-15(11-18)17(14)2/h12-15H,3-11H2,1-2H3. The van der Waals surface area contributed by atoms with E-state index in [0.717, 1.165) is 37.9 Å². The lowest BCUT2D eigenvalue weighted by Gasteiger charge is -2.32. The molecule has 19 heavy (non-hydrogen) atoms. The van der Waals surface area contributed by atoms with Gasteiger partial charge in [-0.25, -0.2) is 0 Å². The van der Waals surface area contributed by atoms with Crippen LogP contribution >= 0.6 is 0 Å². The Morgan fingerprint density at radius 2 is 1.63 bits per heavy atom. The number of likely N-dealkylation sites (tertiary alicyclic amines) is 1. The Morgan fingerprint density at radius 3 is 2.37 bits per heavy atom. The van der Waals surface area contributed by atoms with E-state index in [-0.39, 0.29) is 0 Å². The number of carbonyl (C=O) groups is 1. The van der Waals surface area contributed by atoms with Gasteiger partial charge in [0.15, 0.2) is 0 Å². The lowest BCUT2D eigenvalue weighted by molar-refractivity contribution is -0.137. The van der Waals surface area contributed by atoms with Gasteiger partial charge >= 0.3 is 0 Å². The third kappa shape index (κ3) is 2.67. The summed E-state index contributed by atoms with van der Waals surface area (Å²) < 4.78 is 0. The van der Waals surface area contributed by atoms with E-state index < -0.39 is 0 Å². The lowest BCUT2D eigenvalue weighted by atomic mass is 9.82. The number of fused-ring (bicyclic) bond motifs is 2. The van der Waals surface area contributed by atoms with E-state index in [9.17, 15) is 4.79 Å². The largest absolute Gasteiger partial charge is 0.341 e. The van der Waals surface area contributed by atoms with Crippen LogP contribution in [-0.2, 0) is 4.79 Å². The maximum atomic E-state index is 12.7. The fourth-order valence-electron chi connectivity index (χ4n) is 4.27. The maximum absolute atomic E-state index is 12.7. The Kier molecular flexibility index (Phi) is 3.84. The van der Waals surface area contributed by atoms with Crippen LogP contribution in [-0.4, -0.2) is 47.9 Å². The highest BCUT2D eigenvalue weighted by Gasteiger charge is 2.37. The molecule has 0 aromatic heterocycles. The molecule has 108 valence electrons. The Balaban J connectivity index is 1.61. The molecule has 2 bridgehead atoms. The van der Waals surface area contributed by atoms with E-state index in [0.29, 0.717) is 17.9 Å². The second-order valence-electron chi connectivity index (χ2n) is 7.08. The van der Waals surface area contributed by atoms with Crippen LogP contribution in [0.1, 0.15) is 51.9 Å². The summed E-state index contributed by atoms with van der Waals surface area (Å²) in [5, 5.41) is 0. The summed E-state index contributed by atoms with van der Waals surface area (Å²) in [6, 6.07) is 1.35. The molecule has 0 aromatic carbocycles. The first kappa shape index (κ1) is 13.4. The molecule has 0 N–H and O–H groups in total. The van der Waals surface area contributed by atoms with Crippen LogP contribution in [0.25, 0.3) is 0 Å². The molecule has 1 saturated carbocycles. The Hall–Kier alpha value is -0.570. The van der Waals surface area contributed by atoms with Crippen LogP contribution in [0.3, 0.4) is 0 Å². The van der Waals surface area contributed by atoms with Crippen molar-refractivity contribution in [3.05, 3.63) is 0 Å². The van der Waals surface area contributed by atoms with Crippen LogP contribution in [0.15, 0.2) is 0 Å². The first-order valence-electron chi connectivity index (χ1n) is 8.16. The van der Waals surface area contributed by atoms with Gasteiger partial charge in [0.25, 0.3) is 0 Å². The van der Waals surface area contributed by atoms with Crippen LogP contribution in [0, 0.1) is 11.8 Å². The number of hydrogen-bond acceptors (Lipinski definition) is 2. The average Bonchev–Trinajstić information content (AvgIpc) is 2.63. The van der Waals surface area contributed by atoms with Gasteiger partial charge < -0.3 is 4.90 Å². The number of hydrogen-bond donors (Lipinski definition) is 0. The molecule has 3 nitrogen and oxygen atoms in total. The minimum absolute atomic E-state index is 0.332. The summed E-state index contributed by atoms with van der Waals surface area (Å²) in [5.74, 6) is 1.63. The lowest BCUT2D eigenvalue weighted by Crippen LogP contribution is -2.43. The molecule has 3 rings (SSSR count). The Morgan fingerprint density at radius 1 is 0.947 bits per heavy atom. The van der Waals surface area contributed by atoms with Crippen molar-refractivity contribution in [2.75, 3.05) is 20.1 Å². The Labute approximate surface area is 117 Å². The maximum Gasteiger partial charge on any atom is 0.225 e. The number of amides is 1. The van der Waals surface area contributed by atoms with E-state index in [1.807, 2.05) is 0 Å². The average molecular weight is 264 g/mol. The van der Waals surface area contributed by atoms with Crippen LogP contribution in [0.4, 0.5) is 0 Å². The summed E-state index contributed by atoms with van der Waals surface area (Å²) in [5.41, 5.74) is 0. The number of likely N-dealkylation sites (N-methyl/N-ethyl adjacent to an activating group) is 1. The molecular formula is C16H28N2O. The van der Waals surface area contributed by atoms with Gasteiger partial charge in [-0.2, -0.15) is 0 Å². The molecular weight excluding hydrogens is 236 g/mol. The van der Waals surface area contributed by atoms with E-state index >= 15 is 0 Å². The zero-order valence-corrected chi connectivity index (χ0v) is 12.5. The van der Waals surface area contributed by atoms with Crippen molar-refractivity contribution in [3.8, 4) is 0 Å². The van der Waals surface area contributed by atoms with Crippen molar-refractivity contribution in [2.45, 2.75) is 64.0 Å². The van der Waals surface area contributed by atoms with Gasteiger partial charge in [0.2, 0.25) is 5.91 Å². The van der Waals surface area contributed by atoms with Crippen molar-refractivity contribution in [2.24, 2.45) is 11.8 Å². The molecule has 1 aliphatic carbocycles. The van der Waals surface area contributed by atoms with E-state index in [1.165, 1.54) is 32.1 Å². The summed E-state index contributed by atoms with van der Waals surface area (Å²) in [6.07, 6.45) is 8.55. The van der Waals surface area contributed by atoms with E-state index in [4.69, 9.17) is 0 Å². The Bertz CT molecular complexity index is 336. The van der Waals surface area contributed by atoms with Gasteiger partial charge in [-0.1, -0.05) is 6.92 Å². The smallest absolute Gasteiger partial charge is 0.225 e. The molecule has 3 fully saturated rings. The minimum atomic E-state index is 0.332. The quantitative estimate of drug-likeness (QED) is 0.726. The molecule has 0 radical (unpaired) electrons. The predicted octanol–water partition coefficient (Wildman–Crippen LogP) is 2.51. The molecule has 2 saturated heterocycles. The molecule has 2 atom stereocenters. The molecule has 3 aliphatic rings. The number of carbonyl (C=O) groups excluding carboxylic acids is 1. The normalized spacial score (nSPS) is 40.2. The first-order chi connectivity index (χ1) is 9.15. The minimum Gasteiger partial charge on any atom is -0.341 e. The fourth-order valence-corrected chi connectivity index (χ4v) is 4.27. The van der Waals surface area contributed by atoms with Gasteiger partial charge in [-0.3, -0.25) is 9.69 Å². The second kappa shape index (κ2) is 5.43. The van der Waals surface area contributed by atoms with Gasteiger partial charge in [-0.15, -0.1) is 0 Å². The zero-order valence-electron chi connectivity index (χ0n) is 12.5. The van der Waals surface area contributed by atoms with Crippen LogP contribution in [0.2, 0.25) is 0 Å². The summed E-state index contributed by atoms with van der Waals surface area (Å²) in [6.45, 7) is 4.30. The van der Waals surface area contributed by atoms with E-state index in [2.05, 4.69) is 23.8 Å². The molecule has 1 amide bonds. The van der Waals surface area contributed by atoms with Crippen molar-refractivity contribution >= 4 is 5.91 Å². The third-order valence-corrected chi connectivity index (χ3v) is 5.83. The molecule has 2 unspecified atom stereocenters. The van der Waals surface area contributed by atoms with Crippen molar-refractivity contribution in [1.29, 1.82) is 0 Å². The summed E-state index contributed by atoms with van der Waals surface area (Å²) in [7, 11) is 2.25. The second-order valence-corrected chi connectivity index (χ2v) is 7.08. The van der Waals surface area contributed by atoms with Crippen LogP contribution in [0.5, 0.6) is 0 Å². The molecule has 2 heterocycles.